The smallest absolute Gasteiger partial charge is 0.271 e. The number of hydrogen-bond acceptors (Lipinski definition) is 5. The molecular formula is C29H35N3O3S. The zero-order valence-corrected chi connectivity index (χ0v) is 22.6. The molecule has 7 heteroatoms. The highest BCUT2D eigenvalue weighted by atomic mass is 32.1. The number of aryl methyl sites for hydroxylation is 4. The fourth-order valence-electron chi connectivity index (χ4n) is 4.91. The van der Waals surface area contributed by atoms with Crippen LogP contribution < -0.4 is 15.0 Å². The molecule has 6 nitrogen and oxygen atoms in total. The maximum absolute atomic E-state index is 14.3. The van der Waals surface area contributed by atoms with E-state index in [1.54, 1.807) is 12.0 Å². The monoisotopic (exact) mass is 505 g/mol. The molecule has 36 heavy (non-hydrogen) atoms. The van der Waals surface area contributed by atoms with E-state index in [-0.39, 0.29) is 17.9 Å². The molecule has 4 rings (SSSR count). The number of rotatable bonds is 7. The number of hydrogen-bond donors (Lipinski definition) is 1. The number of aromatic nitrogens is 1. The van der Waals surface area contributed by atoms with Crippen molar-refractivity contribution in [1.29, 1.82) is 0 Å². The van der Waals surface area contributed by atoms with Gasteiger partial charge in [0.2, 0.25) is 5.91 Å². The van der Waals surface area contributed by atoms with Gasteiger partial charge in [0.1, 0.15) is 16.7 Å². The first kappa shape index (κ1) is 25.9. The average Bonchev–Trinajstić information content (AvgIpc) is 3.22. The standard InChI is InChI=1S/C29H35N3O3S/c1-18-11-12-19(2)25(17-18)32(29(34)27-20(3)30-21(4)36-27)26(22-13-15-24(35-5)16-14-22)28(33)31-23-9-7-6-8-10-23/h11-17,23,26H,6-10H2,1-5H3,(H,31,33)/t26-/m1/s1. The van der Waals surface area contributed by atoms with Crippen LogP contribution in [-0.2, 0) is 4.79 Å². The Bertz CT molecular complexity index is 1230. The number of nitrogens with one attached hydrogen (secondary N) is 1. The molecule has 0 unspecified atom stereocenters. The predicted octanol–water partition coefficient (Wildman–Crippen LogP) is 6.22. The molecule has 0 saturated heterocycles. The van der Waals surface area contributed by atoms with Gasteiger partial charge in [-0.25, -0.2) is 4.98 Å². The quantitative estimate of drug-likeness (QED) is 0.414. The van der Waals surface area contributed by atoms with Crippen molar-refractivity contribution in [3.63, 3.8) is 0 Å². The minimum atomic E-state index is -0.840. The van der Waals surface area contributed by atoms with E-state index in [0.29, 0.717) is 16.3 Å². The number of carbonyl (C=O) groups is 2. The third-order valence-electron chi connectivity index (χ3n) is 6.83. The Morgan fingerprint density at radius 2 is 1.72 bits per heavy atom. The Hall–Kier alpha value is -3.19. The van der Waals surface area contributed by atoms with Gasteiger partial charge in [-0.1, -0.05) is 43.5 Å². The maximum atomic E-state index is 14.3. The van der Waals surface area contributed by atoms with Crippen LogP contribution in [0.5, 0.6) is 5.75 Å². The summed E-state index contributed by atoms with van der Waals surface area (Å²) in [6, 6.07) is 12.7. The molecule has 0 radical (unpaired) electrons. The summed E-state index contributed by atoms with van der Waals surface area (Å²) in [5, 5.41) is 4.10. The molecule has 1 aromatic heterocycles. The lowest BCUT2D eigenvalue weighted by atomic mass is 9.94. The van der Waals surface area contributed by atoms with Crippen molar-refractivity contribution in [3.8, 4) is 5.75 Å². The lowest BCUT2D eigenvalue weighted by molar-refractivity contribution is -0.123. The molecule has 190 valence electrons. The fourth-order valence-corrected chi connectivity index (χ4v) is 5.77. The highest BCUT2D eigenvalue weighted by Crippen LogP contribution is 2.35. The number of thiazole rings is 1. The number of nitrogens with zero attached hydrogens (tertiary/aromatic N) is 2. The summed E-state index contributed by atoms with van der Waals surface area (Å²) in [6.07, 6.45) is 5.34. The summed E-state index contributed by atoms with van der Waals surface area (Å²) >= 11 is 1.37. The van der Waals surface area contributed by atoms with Gasteiger partial charge in [-0.15, -0.1) is 11.3 Å². The number of benzene rings is 2. The van der Waals surface area contributed by atoms with Crippen molar-refractivity contribution in [1.82, 2.24) is 10.3 Å². The Kier molecular flexibility index (Phi) is 8.09. The van der Waals surface area contributed by atoms with Gasteiger partial charge < -0.3 is 10.1 Å². The SMILES string of the molecule is COc1ccc([C@H](C(=O)NC2CCCCC2)N(C(=O)c2sc(C)nc2C)c2cc(C)ccc2C)cc1. The summed E-state index contributed by atoms with van der Waals surface area (Å²) in [5.74, 6) is 0.315. The first-order valence-corrected chi connectivity index (χ1v) is 13.4. The van der Waals surface area contributed by atoms with Gasteiger partial charge in [0.25, 0.3) is 5.91 Å². The summed E-state index contributed by atoms with van der Waals surface area (Å²) in [5.41, 5.74) is 4.09. The van der Waals surface area contributed by atoms with E-state index in [2.05, 4.69) is 10.3 Å². The van der Waals surface area contributed by atoms with E-state index in [9.17, 15) is 9.59 Å². The largest absolute Gasteiger partial charge is 0.497 e. The minimum absolute atomic E-state index is 0.120. The van der Waals surface area contributed by atoms with Crippen LogP contribution in [0.3, 0.4) is 0 Å². The lowest BCUT2D eigenvalue weighted by Crippen LogP contribution is -2.47. The lowest BCUT2D eigenvalue weighted by Gasteiger charge is -2.34. The van der Waals surface area contributed by atoms with Crippen molar-refractivity contribution in [3.05, 3.63) is 74.7 Å². The van der Waals surface area contributed by atoms with Crippen LogP contribution in [-0.4, -0.2) is 29.9 Å². The van der Waals surface area contributed by atoms with Crippen molar-refractivity contribution >= 4 is 28.8 Å². The average molecular weight is 506 g/mol. The second kappa shape index (κ2) is 11.2. The van der Waals surface area contributed by atoms with Gasteiger partial charge >= 0.3 is 0 Å². The first-order chi connectivity index (χ1) is 17.3. The van der Waals surface area contributed by atoms with Crippen molar-refractivity contribution < 1.29 is 14.3 Å². The van der Waals surface area contributed by atoms with Crippen LogP contribution in [0.15, 0.2) is 42.5 Å². The third-order valence-corrected chi connectivity index (χ3v) is 7.89. The molecule has 3 aromatic rings. The van der Waals surface area contributed by atoms with Gasteiger partial charge in [-0.2, -0.15) is 0 Å². The Balaban J connectivity index is 1.86. The summed E-state index contributed by atoms with van der Waals surface area (Å²) in [4.78, 5) is 35.0. The summed E-state index contributed by atoms with van der Waals surface area (Å²) in [6.45, 7) is 7.72. The normalized spacial score (nSPS) is 14.8. The first-order valence-electron chi connectivity index (χ1n) is 12.6. The Morgan fingerprint density at radius 1 is 1.03 bits per heavy atom. The van der Waals surface area contributed by atoms with Gasteiger partial charge in [0.15, 0.2) is 0 Å². The molecule has 1 N–H and O–H groups in total. The zero-order chi connectivity index (χ0) is 25.8. The second-order valence-electron chi connectivity index (χ2n) is 9.63. The Morgan fingerprint density at radius 3 is 2.33 bits per heavy atom. The van der Waals surface area contributed by atoms with Gasteiger partial charge in [0.05, 0.1) is 17.8 Å². The molecule has 1 saturated carbocycles. The van der Waals surface area contributed by atoms with Crippen LogP contribution >= 0.6 is 11.3 Å². The predicted molar refractivity (Wildman–Crippen MR) is 145 cm³/mol. The van der Waals surface area contributed by atoms with E-state index >= 15 is 0 Å². The van der Waals surface area contributed by atoms with Crippen LogP contribution in [0.4, 0.5) is 5.69 Å². The molecule has 2 aromatic carbocycles. The highest BCUT2D eigenvalue weighted by Gasteiger charge is 2.36. The van der Waals surface area contributed by atoms with Gasteiger partial charge in [-0.05, 0) is 75.4 Å². The van der Waals surface area contributed by atoms with Crippen LogP contribution in [0.25, 0.3) is 0 Å². The van der Waals surface area contributed by atoms with E-state index in [0.717, 1.165) is 53.1 Å². The zero-order valence-electron chi connectivity index (χ0n) is 21.8. The van der Waals surface area contributed by atoms with Crippen molar-refractivity contribution in [2.75, 3.05) is 12.0 Å². The van der Waals surface area contributed by atoms with Crippen molar-refractivity contribution in [2.24, 2.45) is 0 Å². The fraction of sp³-hybridized carbons (Fsp3) is 0.414. The van der Waals surface area contributed by atoms with Crippen molar-refractivity contribution in [2.45, 2.75) is 71.9 Å². The summed E-state index contributed by atoms with van der Waals surface area (Å²) < 4.78 is 5.36. The van der Waals surface area contributed by atoms with Gasteiger partial charge in [-0.3, -0.25) is 14.5 Å². The van der Waals surface area contributed by atoms with E-state index in [1.165, 1.54) is 17.8 Å². The molecule has 2 amide bonds. The maximum Gasteiger partial charge on any atom is 0.271 e. The van der Waals surface area contributed by atoms with E-state index < -0.39 is 6.04 Å². The molecule has 1 aliphatic carbocycles. The molecular weight excluding hydrogens is 470 g/mol. The van der Waals surface area contributed by atoms with Crippen LogP contribution in [0, 0.1) is 27.7 Å². The molecule has 0 bridgehead atoms. The number of carbonyl (C=O) groups excluding carboxylic acids is 2. The molecule has 1 aliphatic rings. The topological polar surface area (TPSA) is 71.5 Å². The minimum Gasteiger partial charge on any atom is -0.497 e. The van der Waals surface area contributed by atoms with Crippen LogP contribution in [0.1, 0.15) is 75.2 Å². The number of amides is 2. The summed E-state index contributed by atoms with van der Waals surface area (Å²) in [7, 11) is 1.61. The molecule has 1 heterocycles. The Labute approximate surface area is 217 Å². The highest BCUT2D eigenvalue weighted by molar-refractivity contribution is 7.13. The molecule has 1 fully saturated rings. The molecule has 0 spiro atoms. The third kappa shape index (κ3) is 5.62. The number of anilines is 1. The van der Waals surface area contributed by atoms with Gasteiger partial charge in [0, 0.05) is 11.7 Å². The second-order valence-corrected chi connectivity index (χ2v) is 10.8. The number of methoxy groups -OCH3 is 1. The molecule has 1 atom stereocenters. The van der Waals surface area contributed by atoms with Crippen LogP contribution in [0.2, 0.25) is 0 Å². The number of ether oxygens (including phenoxy) is 1. The van der Waals surface area contributed by atoms with E-state index in [4.69, 9.17) is 4.74 Å². The molecule has 0 aliphatic heterocycles. The van der Waals surface area contributed by atoms with E-state index in [1.807, 2.05) is 70.2 Å².